The summed E-state index contributed by atoms with van der Waals surface area (Å²) in [6, 6.07) is 10.5. The number of thioether (sulfide) groups is 1. The Bertz CT molecular complexity index is 1510. The molecular weight excluding hydrogens is 545 g/mol. The van der Waals surface area contributed by atoms with Crippen LogP contribution < -0.4 is 15.4 Å². The van der Waals surface area contributed by atoms with Crippen LogP contribution in [0.3, 0.4) is 0 Å². The maximum Gasteiger partial charge on any atom is 0.267 e. The van der Waals surface area contributed by atoms with Crippen molar-refractivity contribution in [1.29, 1.82) is 0 Å². The van der Waals surface area contributed by atoms with E-state index in [2.05, 4.69) is 11.8 Å². The quantitative estimate of drug-likeness (QED) is 0.185. The van der Waals surface area contributed by atoms with E-state index in [1.807, 2.05) is 30.0 Å². The topological polar surface area (TPSA) is 61.2 Å². The van der Waals surface area contributed by atoms with Crippen molar-refractivity contribution in [3.63, 3.8) is 0 Å². The molecule has 3 aromatic rings. The monoisotopic (exact) mass is 579 g/mol. The van der Waals surface area contributed by atoms with E-state index in [-0.39, 0.29) is 17.3 Å². The summed E-state index contributed by atoms with van der Waals surface area (Å²) >= 11 is 6.79. The predicted molar refractivity (Wildman–Crippen MR) is 166 cm³/mol. The van der Waals surface area contributed by atoms with Crippen LogP contribution in [0.25, 0.3) is 11.7 Å². The number of piperazine rings is 1. The van der Waals surface area contributed by atoms with Crippen molar-refractivity contribution < 1.29 is 9.18 Å². The molecule has 0 spiro atoms. The molecule has 0 N–H and O–H groups in total. The van der Waals surface area contributed by atoms with Crippen molar-refractivity contribution in [3.05, 3.63) is 74.8 Å². The summed E-state index contributed by atoms with van der Waals surface area (Å²) in [5.74, 6) is 0.133. The number of fused-ring (bicyclic) bond motifs is 1. The SMILES string of the molecule is CCCCCCCN1C(=O)C(=Cc2c(N3CCN(c4ccccc4F)CC3)nc3c(C)cccn3c2=O)SC1=S. The van der Waals surface area contributed by atoms with E-state index in [0.29, 0.717) is 64.7 Å². The highest BCUT2D eigenvalue weighted by atomic mass is 32.2. The normalized spacial score (nSPS) is 17.1. The minimum absolute atomic E-state index is 0.158. The lowest BCUT2D eigenvalue weighted by molar-refractivity contribution is -0.122. The van der Waals surface area contributed by atoms with Gasteiger partial charge in [-0.25, -0.2) is 9.37 Å². The van der Waals surface area contributed by atoms with Crippen LogP contribution in [0, 0.1) is 12.7 Å². The highest BCUT2D eigenvalue weighted by molar-refractivity contribution is 8.26. The van der Waals surface area contributed by atoms with Crippen LogP contribution in [0.1, 0.15) is 50.2 Å². The first kappa shape index (κ1) is 28.3. The maximum absolute atomic E-state index is 14.4. The fourth-order valence-corrected chi connectivity index (χ4v) is 6.52. The molecule has 10 heteroatoms. The van der Waals surface area contributed by atoms with Crippen molar-refractivity contribution in [1.82, 2.24) is 14.3 Å². The number of halogens is 1. The van der Waals surface area contributed by atoms with Crippen LogP contribution in [0.2, 0.25) is 0 Å². The molecule has 0 radical (unpaired) electrons. The Labute approximate surface area is 243 Å². The third-order valence-corrected chi connectivity index (χ3v) is 8.85. The van der Waals surface area contributed by atoms with Crippen molar-refractivity contribution in [2.24, 2.45) is 0 Å². The highest BCUT2D eigenvalue weighted by Crippen LogP contribution is 2.34. The number of aryl methyl sites for hydroxylation is 1. The van der Waals surface area contributed by atoms with Gasteiger partial charge in [0.15, 0.2) is 0 Å². The van der Waals surface area contributed by atoms with E-state index in [1.54, 1.807) is 29.3 Å². The molecule has 2 saturated heterocycles. The summed E-state index contributed by atoms with van der Waals surface area (Å²) in [7, 11) is 0. The number of nitrogens with zero attached hydrogens (tertiary/aromatic N) is 5. The van der Waals surface area contributed by atoms with Gasteiger partial charge in [-0.3, -0.25) is 18.9 Å². The predicted octanol–water partition coefficient (Wildman–Crippen LogP) is 5.64. The molecule has 5 rings (SSSR count). The van der Waals surface area contributed by atoms with Crippen molar-refractivity contribution in [2.45, 2.75) is 46.0 Å². The summed E-state index contributed by atoms with van der Waals surface area (Å²) in [5, 5.41) is 0. The van der Waals surface area contributed by atoms with Crippen molar-refractivity contribution >= 4 is 57.4 Å². The van der Waals surface area contributed by atoms with Gasteiger partial charge in [0.2, 0.25) is 0 Å². The first-order chi connectivity index (χ1) is 19.4. The number of anilines is 2. The number of pyridine rings is 1. The zero-order chi connectivity index (χ0) is 28.2. The van der Waals surface area contributed by atoms with Crippen LogP contribution in [-0.2, 0) is 4.79 Å². The van der Waals surface area contributed by atoms with Gasteiger partial charge in [0.05, 0.1) is 16.2 Å². The van der Waals surface area contributed by atoms with E-state index in [9.17, 15) is 14.0 Å². The molecule has 0 unspecified atom stereocenters. The lowest BCUT2D eigenvalue weighted by atomic mass is 10.1. The number of para-hydroxylation sites is 1. The van der Waals surface area contributed by atoms with Gasteiger partial charge in [0, 0.05) is 38.9 Å². The Hall–Kier alpha value is -3.24. The van der Waals surface area contributed by atoms with Crippen LogP contribution >= 0.6 is 24.0 Å². The van der Waals surface area contributed by atoms with Gasteiger partial charge in [-0.1, -0.05) is 74.8 Å². The largest absolute Gasteiger partial charge is 0.366 e. The number of benzene rings is 1. The van der Waals surface area contributed by atoms with E-state index < -0.39 is 0 Å². The van der Waals surface area contributed by atoms with Crippen molar-refractivity contribution in [3.8, 4) is 0 Å². The number of carbonyl (C=O) groups is 1. The second-order valence-electron chi connectivity index (χ2n) is 10.2. The third kappa shape index (κ3) is 5.78. The van der Waals surface area contributed by atoms with Crippen LogP contribution in [-0.4, -0.2) is 57.2 Å². The number of unbranched alkanes of at least 4 members (excludes halogenated alkanes) is 4. The van der Waals surface area contributed by atoms with Crippen molar-refractivity contribution in [2.75, 3.05) is 42.5 Å². The average molecular weight is 580 g/mol. The summed E-state index contributed by atoms with van der Waals surface area (Å²) in [6.45, 7) is 6.96. The molecule has 2 fully saturated rings. The van der Waals surface area contributed by atoms with Gasteiger partial charge in [-0.2, -0.15) is 0 Å². The third-order valence-electron chi connectivity index (χ3n) is 7.47. The average Bonchev–Trinajstić information content (AvgIpc) is 3.22. The first-order valence-corrected chi connectivity index (χ1v) is 15.1. The highest BCUT2D eigenvalue weighted by Gasteiger charge is 2.33. The maximum atomic E-state index is 14.4. The standard InChI is InChI=1S/C30H34FN5O2S2/c1-3-4-5-6-9-14-36-29(38)25(40-30(36)39)20-22-27(32-26-21(2)11-10-15-35(26)28(22)37)34-18-16-33(17-19-34)24-13-8-7-12-23(24)31/h7-8,10-13,15,20H,3-6,9,14,16-19H2,1-2H3. The molecule has 0 aliphatic carbocycles. The molecule has 2 aliphatic rings. The van der Waals surface area contributed by atoms with Crippen LogP contribution in [0.15, 0.2) is 52.3 Å². The molecule has 1 amide bonds. The molecule has 40 heavy (non-hydrogen) atoms. The molecule has 0 saturated carbocycles. The summed E-state index contributed by atoms with van der Waals surface area (Å²) in [5.41, 5.74) is 2.17. The lowest BCUT2D eigenvalue weighted by Crippen LogP contribution is -2.47. The zero-order valence-corrected chi connectivity index (χ0v) is 24.6. The minimum Gasteiger partial charge on any atom is -0.366 e. The summed E-state index contributed by atoms with van der Waals surface area (Å²) < 4.78 is 16.5. The number of rotatable bonds is 9. The fourth-order valence-electron chi connectivity index (χ4n) is 5.23. The molecule has 210 valence electrons. The second-order valence-corrected chi connectivity index (χ2v) is 11.9. The Morgan fingerprint density at radius 1 is 1.00 bits per heavy atom. The smallest absolute Gasteiger partial charge is 0.267 e. The summed E-state index contributed by atoms with van der Waals surface area (Å²) in [6.07, 6.45) is 8.83. The Balaban J connectivity index is 1.45. The van der Waals surface area contributed by atoms with Gasteiger partial charge in [0.25, 0.3) is 11.5 Å². The number of thiocarbonyl (C=S) groups is 1. The molecule has 1 aromatic carbocycles. The Kier molecular flexibility index (Phi) is 8.85. The zero-order valence-electron chi connectivity index (χ0n) is 22.9. The molecule has 2 aromatic heterocycles. The summed E-state index contributed by atoms with van der Waals surface area (Å²) in [4.78, 5) is 38.3. The number of hydrogen-bond donors (Lipinski definition) is 0. The molecular formula is C30H34FN5O2S2. The Morgan fingerprint density at radius 3 is 2.48 bits per heavy atom. The molecule has 4 heterocycles. The van der Waals surface area contributed by atoms with Gasteiger partial charge in [-0.15, -0.1) is 0 Å². The molecule has 7 nitrogen and oxygen atoms in total. The Morgan fingerprint density at radius 2 is 1.73 bits per heavy atom. The number of amides is 1. The lowest BCUT2D eigenvalue weighted by Gasteiger charge is -2.37. The van der Waals surface area contributed by atoms with E-state index in [1.165, 1.54) is 35.1 Å². The molecule has 0 atom stereocenters. The van der Waals surface area contributed by atoms with Gasteiger partial charge >= 0.3 is 0 Å². The van der Waals surface area contributed by atoms with E-state index in [0.717, 1.165) is 24.8 Å². The first-order valence-electron chi connectivity index (χ1n) is 13.9. The minimum atomic E-state index is -0.248. The van der Waals surface area contributed by atoms with E-state index >= 15 is 0 Å². The molecule has 2 aliphatic heterocycles. The van der Waals surface area contributed by atoms with Gasteiger partial charge in [-0.05, 0) is 43.2 Å². The van der Waals surface area contributed by atoms with Gasteiger partial charge in [0.1, 0.15) is 21.6 Å². The van der Waals surface area contributed by atoms with Crippen LogP contribution in [0.4, 0.5) is 15.9 Å². The van der Waals surface area contributed by atoms with Gasteiger partial charge < -0.3 is 9.80 Å². The fraction of sp³-hybridized carbons (Fsp3) is 0.400. The number of carbonyl (C=O) groups excluding carboxylic acids is 1. The van der Waals surface area contributed by atoms with Crippen LogP contribution in [0.5, 0.6) is 0 Å². The molecule has 0 bridgehead atoms. The number of aromatic nitrogens is 2. The second kappa shape index (κ2) is 12.5. The number of hydrogen-bond acceptors (Lipinski definition) is 7. The van der Waals surface area contributed by atoms with E-state index in [4.69, 9.17) is 17.2 Å².